The quantitative estimate of drug-likeness (QED) is 0.865. The Bertz CT molecular complexity index is 372. The second-order valence-electron chi connectivity index (χ2n) is 5.18. The molecule has 0 saturated carbocycles. The average Bonchev–Trinajstić information content (AvgIpc) is 2.88. The summed E-state index contributed by atoms with van der Waals surface area (Å²) in [6.07, 6.45) is 4.14. The zero-order valence-electron chi connectivity index (χ0n) is 11.5. The lowest BCUT2D eigenvalue weighted by molar-refractivity contribution is 0.116. The van der Waals surface area contributed by atoms with E-state index in [1.54, 1.807) is 7.11 Å². The lowest BCUT2D eigenvalue weighted by Gasteiger charge is -2.33. The van der Waals surface area contributed by atoms with Gasteiger partial charge in [-0.3, -0.25) is 0 Å². The van der Waals surface area contributed by atoms with Gasteiger partial charge in [-0.2, -0.15) is 4.98 Å². The molecule has 1 saturated heterocycles. The normalized spacial score (nSPS) is 26.2. The highest BCUT2D eigenvalue weighted by Gasteiger charge is 2.37. The second-order valence-corrected chi connectivity index (χ2v) is 5.18. The Balaban J connectivity index is 2.12. The first-order valence-electron chi connectivity index (χ1n) is 6.77. The third-order valence-corrected chi connectivity index (χ3v) is 3.94. The predicted octanol–water partition coefficient (Wildman–Crippen LogP) is 1.68. The van der Waals surface area contributed by atoms with Gasteiger partial charge in [-0.15, -0.1) is 0 Å². The van der Waals surface area contributed by atoms with Crippen LogP contribution in [0.25, 0.3) is 0 Å². The first-order chi connectivity index (χ1) is 8.70. The molecular formula is C13H23N3O2. The molecule has 0 aliphatic carbocycles. The maximum absolute atomic E-state index is 5.49. The highest BCUT2D eigenvalue weighted by molar-refractivity contribution is 5.08. The van der Waals surface area contributed by atoms with E-state index < -0.39 is 0 Å². The molecule has 1 N–H and O–H groups in total. The zero-order valence-corrected chi connectivity index (χ0v) is 11.5. The molecule has 1 aliphatic heterocycles. The van der Waals surface area contributed by atoms with Gasteiger partial charge in [0.05, 0.1) is 11.5 Å². The van der Waals surface area contributed by atoms with Crippen LogP contribution in [-0.4, -0.2) is 36.4 Å². The molecule has 1 aromatic heterocycles. The third kappa shape index (κ3) is 2.72. The minimum Gasteiger partial charge on any atom is -0.381 e. The van der Waals surface area contributed by atoms with Gasteiger partial charge in [-0.1, -0.05) is 12.1 Å². The van der Waals surface area contributed by atoms with Gasteiger partial charge in [0.15, 0.2) is 5.82 Å². The maximum Gasteiger partial charge on any atom is 0.234 e. The van der Waals surface area contributed by atoms with Crippen molar-refractivity contribution in [2.45, 2.75) is 51.0 Å². The van der Waals surface area contributed by atoms with Gasteiger partial charge < -0.3 is 14.6 Å². The number of hydrogen-bond donors (Lipinski definition) is 1. The van der Waals surface area contributed by atoms with Crippen LogP contribution in [0.1, 0.15) is 44.8 Å². The summed E-state index contributed by atoms with van der Waals surface area (Å²) in [5, 5.41) is 7.51. The number of rotatable bonds is 5. The molecule has 0 bridgehead atoms. The van der Waals surface area contributed by atoms with E-state index in [2.05, 4.69) is 22.4 Å². The molecule has 0 aromatic carbocycles. The summed E-state index contributed by atoms with van der Waals surface area (Å²) >= 11 is 0. The van der Waals surface area contributed by atoms with E-state index in [1.165, 1.54) is 6.42 Å². The summed E-state index contributed by atoms with van der Waals surface area (Å²) in [6, 6.07) is 0. The summed E-state index contributed by atoms with van der Waals surface area (Å²) in [5.41, 5.74) is 0.0276. The van der Waals surface area contributed by atoms with Gasteiger partial charge in [-0.05, 0) is 32.7 Å². The fraction of sp³-hybridized carbons (Fsp3) is 0.846. The maximum atomic E-state index is 5.49. The SMILES string of the molecule is CCC1(c2nc(CC(C)OC)no2)CCCNC1. The number of nitrogens with one attached hydrogen (secondary N) is 1. The van der Waals surface area contributed by atoms with Gasteiger partial charge in [0.1, 0.15) is 0 Å². The molecule has 0 spiro atoms. The van der Waals surface area contributed by atoms with Crippen LogP contribution in [0.2, 0.25) is 0 Å². The van der Waals surface area contributed by atoms with Crippen molar-refractivity contribution in [3.05, 3.63) is 11.7 Å². The molecule has 2 heterocycles. The molecule has 0 radical (unpaired) electrons. The molecule has 5 heteroatoms. The molecule has 102 valence electrons. The molecule has 2 atom stereocenters. The smallest absolute Gasteiger partial charge is 0.234 e. The van der Waals surface area contributed by atoms with Gasteiger partial charge in [-0.25, -0.2) is 0 Å². The third-order valence-electron chi connectivity index (χ3n) is 3.94. The fourth-order valence-electron chi connectivity index (χ4n) is 2.50. The number of ether oxygens (including phenoxy) is 1. The van der Waals surface area contributed by atoms with Crippen molar-refractivity contribution in [2.75, 3.05) is 20.2 Å². The summed E-state index contributed by atoms with van der Waals surface area (Å²) in [5.74, 6) is 1.54. The molecule has 1 fully saturated rings. The van der Waals surface area contributed by atoms with Crippen LogP contribution in [0.15, 0.2) is 4.52 Å². The summed E-state index contributed by atoms with van der Waals surface area (Å²) in [6.45, 7) is 6.22. The van der Waals surface area contributed by atoms with Crippen LogP contribution in [0, 0.1) is 0 Å². The van der Waals surface area contributed by atoms with Crippen molar-refractivity contribution in [1.82, 2.24) is 15.5 Å². The van der Waals surface area contributed by atoms with E-state index in [0.29, 0.717) is 6.42 Å². The lowest BCUT2D eigenvalue weighted by atomic mass is 9.78. The van der Waals surface area contributed by atoms with Crippen molar-refractivity contribution in [1.29, 1.82) is 0 Å². The molecular weight excluding hydrogens is 230 g/mol. The summed E-state index contributed by atoms with van der Waals surface area (Å²) in [7, 11) is 1.70. The Labute approximate surface area is 108 Å². The van der Waals surface area contributed by atoms with E-state index in [0.717, 1.165) is 37.6 Å². The molecule has 0 amide bonds. The largest absolute Gasteiger partial charge is 0.381 e. The van der Waals surface area contributed by atoms with Crippen LogP contribution >= 0.6 is 0 Å². The monoisotopic (exact) mass is 253 g/mol. The molecule has 1 aromatic rings. The second kappa shape index (κ2) is 5.80. The van der Waals surface area contributed by atoms with Crippen molar-refractivity contribution in [2.24, 2.45) is 0 Å². The van der Waals surface area contributed by atoms with Crippen LogP contribution in [0.3, 0.4) is 0 Å². The summed E-state index contributed by atoms with van der Waals surface area (Å²) in [4.78, 5) is 4.57. The van der Waals surface area contributed by atoms with Crippen molar-refractivity contribution >= 4 is 0 Å². The number of methoxy groups -OCH3 is 1. The zero-order chi connectivity index (χ0) is 13.0. The minimum absolute atomic E-state index is 0.0276. The Morgan fingerprint density at radius 1 is 1.56 bits per heavy atom. The van der Waals surface area contributed by atoms with E-state index in [1.807, 2.05) is 6.92 Å². The first kappa shape index (κ1) is 13.5. The Hall–Kier alpha value is -0.940. The molecule has 1 aliphatic rings. The molecule has 5 nitrogen and oxygen atoms in total. The molecule has 2 unspecified atom stereocenters. The predicted molar refractivity (Wildman–Crippen MR) is 68.5 cm³/mol. The topological polar surface area (TPSA) is 60.2 Å². The lowest BCUT2D eigenvalue weighted by Crippen LogP contribution is -2.43. The van der Waals surface area contributed by atoms with Crippen LogP contribution in [-0.2, 0) is 16.6 Å². The molecule has 18 heavy (non-hydrogen) atoms. The van der Waals surface area contributed by atoms with Crippen molar-refractivity contribution in [3.63, 3.8) is 0 Å². The van der Waals surface area contributed by atoms with Crippen LogP contribution in [0.4, 0.5) is 0 Å². The number of aromatic nitrogens is 2. The highest BCUT2D eigenvalue weighted by Crippen LogP contribution is 2.33. The van der Waals surface area contributed by atoms with Crippen molar-refractivity contribution < 1.29 is 9.26 Å². The van der Waals surface area contributed by atoms with Gasteiger partial charge >= 0.3 is 0 Å². The Morgan fingerprint density at radius 3 is 3.00 bits per heavy atom. The fourth-order valence-corrected chi connectivity index (χ4v) is 2.50. The van der Waals surface area contributed by atoms with Gasteiger partial charge in [0.2, 0.25) is 5.89 Å². The van der Waals surface area contributed by atoms with Gasteiger partial charge in [0.25, 0.3) is 0 Å². The number of piperidine rings is 1. The number of hydrogen-bond acceptors (Lipinski definition) is 5. The van der Waals surface area contributed by atoms with Gasteiger partial charge in [0, 0.05) is 20.1 Å². The first-order valence-corrected chi connectivity index (χ1v) is 6.77. The van der Waals surface area contributed by atoms with E-state index in [-0.39, 0.29) is 11.5 Å². The van der Waals surface area contributed by atoms with Crippen LogP contribution < -0.4 is 5.32 Å². The minimum atomic E-state index is 0.0276. The summed E-state index contributed by atoms with van der Waals surface area (Å²) < 4.78 is 10.7. The Kier molecular flexibility index (Phi) is 4.35. The van der Waals surface area contributed by atoms with E-state index in [9.17, 15) is 0 Å². The standard InChI is InChI=1S/C13H23N3O2/c1-4-13(6-5-7-14-9-13)12-15-11(16-18-12)8-10(2)17-3/h10,14H,4-9H2,1-3H3. The van der Waals surface area contributed by atoms with E-state index >= 15 is 0 Å². The van der Waals surface area contributed by atoms with E-state index in [4.69, 9.17) is 9.26 Å². The number of nitrogens with zero attached hydrogens (tertiary/aromatic N) is 2. The molecule has 2 rings (SSSR count). The average molecular weight is 253 g/mol. The van der Waals surface area contributed by atoms with Crippen molar-refractivity contribution in [3.8, 4) is 0 Å². The highest BCUT2D eigenvalue weighted by atomic mass is 16.5. The van der Waals surface area contributed by atoms with Crippen LogP contribution in [0.5, 0.6) is 0 Å². The Morgan fingerprint density at radius 2 is 2.39 bits per heavy atom.